The number of hydrogen-bond donors (Lipinski definition) is 1. The Morgan fingerprint density at radius 2 is 2.00 bits per heavy atom. The zero-order valence-corrected chi connectivity index (χ0v) is 12.2. The number of nitrogens with zero attached hydrogens (tertiary/aromatic N) is 2. The van der Waals surface area contributed by atoms with Crippen LogP contribution < -0.4 is 5.73 Å². The van der Waals surface area contributed by atoms with Gasteiger partial charge in [0.2, 0.25) is 0 Å². The van der Waals surface area contributed by atoms with Crippen LogP contribution in [0.15, 0.2) is 0 Å². The van der Waals surface area contributed by atoms with Crippen molar-refractivity contribution in [3.63, 3.8) is 0 Å². The second-order valence-electron chi connectivity index (χ2n) is 5.60. The van der Waals surface area contributed by atoms with Gasteiger partial charge in [0.05, 0.1) is 0 Å². The second-order valence-corrected chi connectivity index (χ2v) is 5.60. The maximum atomic E-state index is 6.03. The molecule has 102 valence electrons. The van der Waals surface area contributed by atoms with Crippen LogP contribution in [0.5, 0.6) is 0 Å². The molecule has 0 aliphatic carbocycles. The number of likely N-dealkylation sites (N-methyl/N-ethyl adjacent to an activating group) is 1. The van der Waals surface area contributed by atoms with Gasteiger partial charge in [-0.15, -0.1) is 0 Å². The molecule has 1 saturated heterocycles. The van der Waals surface area contributed by atoms with Crippen molar-refractivity contribution in [3.05, 3.63) is 0 Å². The van der Waals surface area contributed by atoms with Crippen LogP contribution in [0.3, 0.4) is 0 Å². The lowest BCUT2D eigenvalue weighted by atomic mass is 9.95. The van der Waals surface area contributed by atoms with Crippen molar-refractivity contribution in [2.75, 3.05) is 33.2 Å². The lowest BCUT2D eigenvalue weighted by molar-refractivity contribution is 0.0961. The Labute approximate surface area is 107 Å². The van der Waals surface area contributed by atoms with Gasteiger partial charge in [-0.1, -0.05) is 27.2 Å². The maximum Gasteiger partial charge on any atom is 0.0247 e. The lowest BCUT2D eigenvalue weighted by Crippen LogP contribution is -2.51. The Morgan fingerprint density at radius 1 is 1.29 bits per heavy atom. The minimum atomic E-state index is 0.566. The lowest BCUT2D eigenvalue weighted by Gasteiger charge is -2.39. The van der Waals surface area contributed by atoms with Crippen LogP contribution in [-0.2, 0) is 0 Å². The third-order valence-electron chi connectivity index (χ3n) is 4.39. The number of hydrogen-bond acceptors (Lipinski definition) is 3. The monoisotopic (exact) mass is 241 g/mol. The molecule has 0 bridgehead atoms. The van der Waals surface area contributed by atoms with Crippen LogP contribution in [0.2, 0.25) is 0 Å². The SMILES string of the molecule is CCC(C)C(CN)N1CCCN(C)CC1CC. The summed E-state index contributed by atoms with van der Waals surface area (Å²) in [6.07, 6.45) is 3.74. The highest BCUT2D eigenvalue weighted by atomic mass is 15.3. The first-order valence-corrected chi connectivity index (χ1v) is 7.28. The molecule has 0 radical (unpaired) electrons. The van der Waals surface area contributed by atoms with Crippen molar-refractivity contribution >= 4 is 0 Å². The summed E-state index contributed by atoms with van der Waals surface area (Å²) in [6, 6.07) is 1.25. The molecule has 3 atom stereocenters. The standard InChI is InChI=1S/C14H31N3/c1-5-12(3)14(10-15)17-9-7-8-16(4)11-13(17)6-2/h12-14H,5-11,15H2,1-4H3. The Bertz CT molecular complexity index is 208. The van der Waals surface area contributed by atoms with Crippen molar-refractivity contribution in [2.24, 2.45) is 11.7 Å². The maximum absolute atomic E-state index is 6.03. The highest BCUT2D eigenvalue weighted by Gasteiger charge is 2.29. The molecular weight excluding hydrogens is 210 g/mol. The molecule has 2 N–H and O–H groups in total. The molecule has 3 heteroatoms. The van der Waals surface area contributed by atoms with Gasteiger partial charge in [0, 0.05) is 31.7 Å². The molecule has 3 unspecified atom stereocenters. The zero-order chi connectivity index (χ0) is 12.8. The molecule has 0 saturated carbocycles. The minimum Gasteiger partial charge on any atom is -0.329 e. The zero-order valence-electron chi connectivity index (χ0n) is 12.2. The molecule has 17 heavy (non-hydrogen) atoms. The fourth-order valence-electron chi connectivity index (χ4n) is 3.03. The van der Waals surface area contributed by atoms with Crippen LogP contribution in [0.1, 0.15) is 40.0 Å². The van der Waals surface area contributed by atoms with E-state index in [0.29, 0.717) is 18.0 Å². The molecule has 1 aliphatic heterocycles. The second kappa shape index (κ2) is 7.34. The fourth-order valence-corrected chi connectivity index (χ4v) is 3.03. The van der Waals surface area contributed by atoms with Gasteiger partial charge in [0.15, 0.2) is 0 Å². The van der Waals surface area contributed by atoms with Crippen molar-refractivity contribution < 1.29 is 0 Å². The predicted molar refractivity (Wildman–Crippen MR) is 75.2 cm³/mol. The van der Waals surface area contributed by atoms with Gasteiger partial charge in [0.1, 0.15) is 0 Å². The van der Waals surface area contributed by atoms with Gasteiger partial charge in [-0.3, -0.25) is 4.90 Å². The first-order chi connectivity index (χ1) is 8.13. The van der Waals surface area contributed by atoms with Crippen molar-refractivity contribution in [1.82, 2.24) is 9.80 Å². The Morgan fingerprint density at radius 3 is 2.53 bits per heavy atom. The third kappa shape index (κ3) is 3.94. The van der Waals surface area contributed by atoms with E-state index in [2.05, 4.69) is 37.6 Å². The first kappa shape index (κ1) is 14.9. The summed E-state index contributed by atoms with van der Waals surface area (Å²) < 4.78 is 0. The highest BCUT2D eigenvalue weighted by molar-refractivity contribution is 4.86. The van der Waals surface area contributed by atoms with E-state index in [9.17, 15) is 0 Å². The fraction of sp³-hybridized carbons (Fsp3) is 1.00. The summed E-state index contributed by atoms with van der Waals surface area (Å²) in [6.45, 7) is 11.4. The molecule has 0 aromatic rings. The number of nitrogens with two attached hydrogens (primary N) is 1. The van der Waals surface area contributed by atoms with Crippen LogP contribution in [0, 0.1) is 5.92 Å². The first-order valence-electron chi connectivity index (χ1n) is 7.28. The topological polar surface area (TPSA) is 32.5 Å². The summed E-state index contributed by atoms with van der Waals surface area (Å²) in [7, 11) is 2.24. The Balaban J connectivity index is 2.75. The van der Waals surface area contributed by atoms with Crippen LogP contribution in [-0.4, -0.2) is 55.1 Å². The van der Waals surface area contributed by atoms with E-state index in [-0.39, 0.29) is 0 Å². The molecule has 0 aromatic heterocycles. The summed E-state index contributed by atoms with van der Waals surface area (Å²) in [4.78, 5) is 5.16. The van der Waals surface area contributed by atoms with Gasteiger partial charge in [-0.2, -0.15) is 0 Å². The summed E-state index contributed by atoms with van der Waals surface area (Å²) in [5, 5.41) is 0. The molecule has 0 aromatic carbocycles. The average Bonchev–Trinajstić information content (AvgIpc) is 2.52. The van der Waals surface area contributed by atoms with Crippen molar-refractivity contribution in [3.8, 4) is 0 Å². The minimum absolute atomic E-state index is 0.566. The van der Waals surface area contributed by atoms with Gasteiger partial charge in [-0.05, 0) is 32.4 Å². The van der Waals surface area contributed by atoms with E-state index < -0.39 is 0 Å². The third-order valence-corrected chi connectivity index (χ3v) is 4.39. The van der Waals surface area contributed by atoms with Crippen LogP contribution in [0.25, 0.3) is 0 Å². The van der Waals surface area contributed by atoms with E-state index >= 15 is 0 Å². The average molecular weight is 241 g/mol. The number of rotatable bonds is 5. The van der Waals surface area contributed by atoms with Crippen molar-refractivity contribution in [2.45, 2.75) is 52.1 Å². The molecule has 1 heterocycles. The smallest absolute Gasteiger partial charge is 0.0247 e. The van der Waals surface area contributed by atoms with Gasteiger partial charge >= 0.3 is 0 Å². The molecule has 0 spiro atoms. The summed E-state index contributed by atoms with van der Waals surface area (Å²) >= 11 is 0. The van der Waals surface area contributed by atoms with Crippen LogP contribution in [0.4, 0.5) is 0 Å². The predicted octanol–water partition coefficient (Wildman–Crippen LogP) is 1.78. The van der Waals surface area contributed by atoms with E-state index in [1.54, 1.807) is 0 Å². The van der Waals surface area contributed by atoms with Gasteiger partial charge in [-0.25, -0.2) is 0 Å². The quantitative estimate of drug-likeness (QED) is 0.796. The van der Waals surface area contributed by atoms with E-state index in [4.69, 9.17) is 5.73 Å². The molecular formula is C14H31N3. The normalized spacial score (nSPS) is 27.7. The van der Waals surface area contributed by atoms with E-state index in [1.165, 1.54) is 38.9 Å². The van der Waals surface area contributed by atoms with Gasteiger partial charge in [0.25, 0.3) is 0 Å². The Hall–Kier alpha value is -0.120. The molecule has 1 rings (SSSR count). The molecule has 1 aliphatic rings. The van der Waals surface area contributed by atoms with Gasteiger partial charge < -0.3 is 10.6 Å². The van der Waals surface area contributed by atoms with Crippen LogP contribution >= 0.6 is 0 Å². The molecule has 3 nitrogen and oxygen atoms in total. The summed E-state index contributed by atoms with van der Waals surface area (Å²) in [5.41, 5.74) is 6.03. The van der Waals surface area contributed by atoms with E-state index in [1.807, 2.05) is 0 Å². The highest BCUT2D eigenvalue weighted by Crippen LogP contribution is 2.21. The largest absolute Gasteiger partial charge is 0.329 e. The molecule has 0 amide bonds. The summed E-state index contributed by atoms with van der Waals surface area (Å²) in [5.74, 6) is 0.706. The van der Waals surface area contributed by atoms with Crippen molar-refractivity contribution in [1.29, 1.82) is 0 Å². The Kier molecular flexibility index (Phi) is 6.45. The van der Waals surface area contributed by atoms with E-state index in [0.717, 1.165) is 6.54 Å². The molecule has 1 fully saturated rings.